The first kappa shape index (κ1) is 25.1. The highest BCUT2D eigenvalue weighted by molar-refractivity contribution is 5.23. The summed E-state index contributed by atoms with van der Waals surface area (Å²) >= 11 is 0. The van der Waals surface area contributed by atoms with Gasteiger partial charge in [0.25, 0.3) is 0 Å². The van der Waals surface area contributed by atoms with Crippen LogP contribution in [-0.4, -0.2) is 48.3 Å². The highest BCUT2D eigenvalue weighted by Crippen LogP contribution is 2.13. The van der Waals surface area contributed by atoms with Gasteiger partial charge in [-0.1, -0.05) is 69.7 Å². The minimum absolute atomic E-state index is 0.00426. The summed E-state index contributed by atoms with van der Waals surface area (Å²) in [6.07, 6.45) is 10.3. The van der Waals surface area contributed by atoms with Gasteiger partial charge in [-0.25, -0.2) is 0 Å². The maximum atomic E-state index is 10.2. The predicted octanol–water partition coefficient (Wildman–Crippen LogP) is 4.69. The third-order valence-corrected chi connectivity index (χ3v) is 5.01. The lowest BCUT2D eigenvalue weighted by atomic mass is 10.0. The number of ether oxygens (including phenoxy) is 2. The van der Waals surface area contributed by atoms with E-state index in [1.54, 1.807) is 0 Å². The van der Waals surface area contributed by atoms with Crippen LogP contribution in [0.1, 0.15) is 76.8 Å². The summed E-state index contributed by atoms with van der Waals surface area (Å²) in [6, 6.07) is 8.62. The summed E-state index contributed by atoms with van der Waals surface area (Å²) < 4.78 is 11.1. The van der Waals surface area contributed by atoms with Gasteiger partial charge in [0, 0.05) is 6.42 Å². The third-order valence-electron chi connectivity index (χ3n) is 5.01. The van der Waals surface area contributed by atoms with E-state index in [0.29, 0.717) is 13.0 Å². The monoisotopic (exact) mass is 394 g/mol. The molecule has 28 heavy (non-hydrogen) atoms. The van der Waals surface area contributed by atoms with Crippen LogP contribution in [-0.2, 0) is 22.3 Å². The Morgan fingerprint density at radius 2 is 1.36 bits per heavy atom. The molecular formula is C24H42O4. The van der Waals surface area contributed by atoms with E-state index in [4.69, 9.17) is 14.6 Å². The Morgan fingerprint density at radius 3 is 2.00 bits per heavy atom. The van der Waals surface area contributed by atoms with Gasteiger partial charge in [0.2, 0.25) is 0 Å². The maximum Gasteiger partial charge on any atom is 0.0814 e. The fourth-order valence-electron chi connectivity index (χ4n) is 3.14. The van der Waals surface area contributed by atoms with Crippen molar-refractivity contribution in [2.75, 3.05) is 19.8 Å². The number of hydrogen-bond acceptors (Lipinski definition) is 4. The predicted molar refractivity (Wildman–Crippen MR) is 116 cm³/mol. The largest absolute Gasteiger partial charge is 0.394 e. The highest BCUT2D eigenvalue weighted by Gasteiger charge is 2.11. The minimum Gasteiger partial charge on any atom is -0.394 e. The van der Waals surface area contributed by atoms with E-state index in [0.717, 1.165) is 12.0 Å². The molecule has 0 aliphatic carbocycles. The molecule has 4 heteroatoms. The average molecular weight is 395 g/mol. The zero-order valence-electron chi connectivity index (χ0n) is 18.2. The molecule has 0 aromatic heterocycles. The number of aliphatic hydroxyl groups excluding tert-OH is 2. The quantitative estimate of drug-likeness (QED) is 0.377. The van der Waals surface area contributed by atoms with Crippen LogP contribution >= 0.6 is 0 Å². The zero-order chi connectivity index (χ0) is 20.6. The number of unbranched alkanes of at least 4 members (excludes halogenated alkanes) is 6. The van der Waals surface area contributed by atoms with Crippen LogP contribution in [0.2, 0.25) is 0 Å². The van der Waals surface area contributed by atoms with Crippen molar-refractivity contribution in [1.82, 2.24) is 0 Å². The Morgan fingerprint density at radius 1 is 0.786 bits per heavy atom. The molecule has 0 spiro atoms. The smallest absolute Gasteiger partial charge is 0.0814 e. The van der Waals surface area contributed by atoms with Gasteiger partial charge in [0.1, 0.15) is 0 Å². The lowest BCUT2D eigenvalue weighted by Gasteiger charge is -2.18. The summed E-state index contributed by atoms with van der Waals surface area (Å²) in [6.45, 7) is 6.70. The molecule has 0 fully saturated rings. The average Bonchev–Trinajstić information content (AvgIpc) is 2.71. The molecule has 1 aromatic rings. The second-order valence-electron chi connectivity index (χ2n) is 8.02. The summed E-state index contributed by atoms with van der Waals surface area (Å²) in [5.74, 6) is 0. The van der Waals surface area contributed by atoms with Crippen molar-refractivity contribution < 1.29 is 19.7 Å². The number of hydrogen-bond donors (Lipinski definition) is 2. The van der Waals surface area contributed by atoms with E-state index < -0.39 is 6.10 Å². The van der Waals surface area contributed by atoms with E-state index in [9.17, 15) is 5.11 Å². The molecule has 0 amide bonds. The van der Waals surface area contributed by atoms with Gasteiger partial charge >= 0.3 is 0 Å². The van der Waals surface area contributed by atoms with Crippen LogP contribution in [0.4, 0.5) is 0 Å². The van der Waals surface area contributed by atoms with Gasteiger partial charge in [0.15, 0.2) is 0 Å². The molecule has 3 atom stereocenters. The molecule has 0 aliphatic rings. The van der Waals surface area contributed by atoms with Crippen molar-refractivity contribution in [3.05, 3.63) is 35.4 Å². The van der Waals surface area contributed by atoms with Crippen LogP contribution in [0.15, 0.2) is 24.3 Å². The first-order valence-corrected chi connectivity index (χ1v) is 11.1. The molecule has 1 rings (SSSR count). The minimum atomic E-state index is -0.522. The lowest BCUT2D eigenvalue weighted by molar-refractivity contribution is -0.0643. The molecule has 0 aliphatic heterocycles. The molecule has 162 valence electrons. The van der Waals surface area contributed by atoms with Crippen LogP contribution in [0.25, 0.3) is 0 Å². The normalized spacial score (nSPS) is 14.8. The SMILES string of the molecule is CCCCCCCCCc1ccc(CC(O)COC(C)COC(C)CO)cc1. The van der Waals surface area contributed by atoms with Crippen molar-refractivity contribution in [2.24, 2.45) is 0 Å². The Labute approximate surface area is 172 Å². The maximum absolute atomic E-state index is 10.2. The van der Waals surface area contributed by atoms with Crippen molar-refractivity contribution in [3.8, 4) is 0 Å². The molecule has 4 nitrogen and oxygen atoms in total. The topological polar surface area (TPSA) is 58.9 Å². The summed E-state index contributed by atoms with van der Waals surface area (Å²) in [4.78, 5) is 0. The summed E-state index contributed by atoms with van der Waals surface area (Å²) in [7, 11) is 0. The Kier molecular flexibility index (Phi) is 14.3. The van der Waals surface area contributed by atoms with Gasteiger partial charge in [-0.15, -0.1) is 0 Å². The van der Waals surface area contributed by atoms with Crippen molar-refractivity contribution in [2.45, 2.75) is 96.9 Å². The van der Waals surface area contributed by atoms with Crippen LogP contribution in [0.3, 0.4) is 0 Å². The van der Waals surface area contributed by atoms with Crippen molar-refractivity contribution in [3.63, 3.8) is 0 Å². The van der Waals surface area contributed by atoms with Crippen molar-refractivity contribution in [1.29, 1.82) is 0 Å². The van der Waals surface area contributed by atoms with Gasteiger partial charge in [-0.3, -0.25) is 0 Å². The molecule has 2 N–H and O–H groups in total. The second kappa shape index (κ2) is 15.9. The van der Waals surface area contributed by atoms with E-state index in [1.807, 2.05) is 13.8 Å². The summed E-state index contributed by atoms with van der Waals surface area (Å²) in [5.41, 5.74) is 2.52. The number of benzene rings is 1. The first-order chi connectivity index (χ1) is 13.5. The Balaban J connectivity index is 2.17. The number of aliphatic hydroxyl groups is 2. The molecule has 0 heterocycles. The molecule has 0 saturated carbocycles. The third kappa shape index (κ3) is 12.5. The van der Waals surface area contributed by atoms with E-state index in [1.165, 1.54) is 50.5 Å². The molecule has 0 radical (unpaired) electrons. The summed E-state index contributed by atoms with van der Waals surface area (Å²) in [5, 5.41) is 19.1. The van der Waals surface area contributed by atoms with Gasteiger partial charge < -0.3 is 19.7 Å². The molecule has 0 bridgehead atoms. The zero-order valence-corrected chi connectivity index (χ0v) is 18.2. The van der Waals surface area contributed by atoms with E-state index in [-0.39, 0.29) is 25.4 Å². The van der Waals surface area contributed by atoms with E-state index in [2.05, 4.69) is 31.2 Å². The fourth-order valence-corrected chi connectivity index (χ4v) is 3.14. The standard InChI is InChI=1S/C24H42O4/c1-4-5-6-7-8-9-10-11-22-12-14-23(15-13-22)16-24(26)19-28-21(3)18-27-20(2)17-25/h12-15,20-21,24-26H,4-11,16-19H2,1-3H3. The van der Waals surface area contributed by atoms with Gasteiger partial charge in [0.05, 0.1) is 38.1 Å². The highest BCUT2D eigenvalue weighted by atomic mass is 16.5. The first-order valence-electron chi connectivity index (χ1n) is 11.1. The van der Waals surface area contributed by atoms with Crippen molar-refractivity contribution >= 4 is 0 Å². The molecule has 3 unspecified atom stereocenters. The lowest BCUT2D eigenvalue weighted by Crippen LogP contribution is -2.26. The Hall–Kier alpha value is -0.940. The Bertz CT molecular complexity index is 474. The van der Waals surface area contributed by atoms with Crippen LogP contribution < -0.4 is 0 Å². The fraction of sp³-hybridized carbons (Fsp3) is 0.750. The van der Waals surface area contributed by atoms with E-state index >= 15 is 0 Å². The molecule has 1 aromatic carbocycles. The van der Waals surface area contributed by atoms with Gasteiger partial charge in [-0.05, 0) is 37.8 Å². The molecular weight excluding hydrogens is 352 g/mol. The number of rotatable bonds is 17. The van der Waals surface area contributed by atoms with Crippen LogP contribution in [0, 0.1) is 0 Å². The second-order valence-corrected chi connectivity index (χ2v) is 8.02. The number of aryl methyl sites for hydroxylation is 1. The van der Waals surface area contributed by atoms with Gasteiger partial charge in [-0.2, -0.15) is 0 Å². The van der Waals surface area contributed by atoms with Crippen LogP contribution in [0.5, 0.6) is 0 Å². The molecule has 0 saturated heterocycles.